The number of hydrogen-bond acceptors (Lipinski definition) is 2. The minimum absolute atomic E-state index is 0.759. The van der Waals surface area contributed by atoms with E-state index in [2.05, 4.69) is 18.2 Å². The van der Waals surface area contributed by atoms with Gasteiger partial charge in [0.25, 0.3) is 0 Å². The minimum Gasteiger partial charge on any atom is -0.418 e. The molecule has 0 saturated heterocycles. The first-order valence-corrected chi connectivity index (χ1v) is 4.41. The number of aliphatic imine (C=N–C) groups is 1. The van der Waals surface area contributed by atoms with E-state index in [4.69, 9.17) is 5.73 Å². The molecule has 0 saturated carbocycles. The van der Waals surface area contributed by atoms with Crippen LogP contribution < -0.4 is 5.73 Å². The summed E-state index contributed by atoms with van der Waals surface area (Å²) in [6, 6.07) is 0. The second kappa shape index (κ2) is 5.87. The summed E-state index contributed by atoms with van der Waals surface area (Å²) >= 11 is 0. The quantitative estimate of drug-likeness (QED) is 0.443. The van der Waals surface area contributed by atoms with Crippen molar-refractivity contribution < 1.29 is 21.7 Å². The van der Waals surface area contributed by atoms with Gasteiger partial charge in [-0.3, -0.25) is 4.48 Å². The van der Waals surface area contributed by atoms with Crippen LogP contribution in [0.15, 0.2) is 17.4 Å². The van der Waals surface area contributed by atoms with Crippen LogP contribution in [0.4, 0.5) is 17.3 Å². The van der Waals surface area contributed by atoms with E-state index in [0.29, 0.717) is 0 Å². The van der Waals surface area contributed by atoms with E-state index in [-0.39, 0.29) is 0 Å². The largest absolute Gasteiger partial charge is 0.673 e. The van der Waals surface area contributed by atoms with Gasteiger partial charge in [0.05, 0.1) is 19.8 Å². The summed E-state index contributed by atoms with van der Waals surface area (Å²) in [5, 5.41) is 0. The Kier molecular flexibility index (Phi) is 5.52. The second-order valence-corrected chi connectivity index (χ2v) is 3.27. The van der Waals surface area contributed by atoms with Gasteiger partial charge in [-0.25, -0.2) is 4.99 Å². The van der Waals surface area contributed by atoms with Crippen LogP contribution in [0.5, 0.6) is 0 Å². The van der Waals surface area contributed by atoms with Crippen LogP contribution in [0.25, 0.3) is 0 Å². The Balaban J connectivity index is 0.000000336. The van der Waals surface area contributed by atoms with Gasteiger partial charge >= 0.3 is 7.25 Å². The van der Waals surface area contributed by atoms with Crippen LogP contribution in [0.1, 0.15) is 6.42 Å². The molecule has 0 aromatic heterocycles. The second-order valence-electron chi connectivity index (χ2n) is 3.27. The zero-order valence-corrected chi connectivity index (χ0v) is 8.41. The Hall–Kier alpha value is -0.885. The molecule has 0 spiro atoms. The number of quaternary nitrogens is 1. The average molecular weight is 227 g/mol. The topological polar surface area (TPSA) is 38.4 Å². The van der Waals surface area contributed by atoms with Gasteiger partial charge in [-0.15, -0.1) is 0 Å². The Morgan fingerprint density at radius 2 is 1.87 bits per heavy atom. The summed E-state index contributed by atoms with van der Waals surface area (Å²) < 4.78 is 39.8. The molecule has 0 aromatic rings. The molecule has 1 aliphatic rings. The molecule has 1 unspecified atom stereocenters. The lowest BCUT2D eigenvalue weighted by Gasteiger charge is -2.20. The number of hydrogen-bond donors (Lipinski definition) is 1. The molecule has 88 valence electrons. The molecule has 8 heteroatoms. The third kappa shape index (κ3) is 9.42. The Labute approximate surface area is 86.0 Å². The van der Waals surface area contributed by atoms with Gasteiger partial charge in [-0.05, 0) is 6.54 Å². The lowest BCUT2D eigenvalue weighted by molar-refractivity contribution is -0.756. The van der Waals surface area contributed by atoms with E-state index >= 15 is 0 Å². The number of rotatable bonds is 3. The Morgan fingerprint density at radius 3 is 2.20 bits per heavy atom. The molecule has 1 atom stereocenters. The van der Waals surface area contributed by atoms with E-state index in [1.165, 1.54) is 0 Å². The molecule has 1 heterocycles. The molecule has 0 fully saturated rings. The molecule has 0 aromatic carbocycles. The normalized spacial score (nSPS) is 23.9. The van der Waals surface area contributed by atoms with Crippen molar-refractivity contribution in [1.82, 2.24) is 0 Å². The van der Waals surface area contributed by atoms with Crippen LogP contribution in [-0.2, 0) is 0 Å². The molecule has 3 nitrogen and oxygen atoms in total. The zero-order valence-electron chi connectivity index (χ0n) is 8.41. The zero-order chi connectivity index (χ0) is 11.9. The van der Waals surface area contributed by atoms with Gasteiger partial charge < -0.3 is 23.0 Å². The molecule has 0 bridgehead atoms. The molecule has 0 aliphatic carbocycles. The highest BCUT2D eigenvalue weighted by molar-refractivity contribution is 6.50. The van der Waals surface area contributed by atoms with Crippen molar-refractivity contribution in [3.8, 4) is 0 Å². The highest BCUT2D eigenvalue weighted by Crippen LogP contribution is 2.07. The van der Waals surface area contributed by atoms with E-state index in [0.717, 1.165) is 24.0 Å². The highest BCUT2D eigenvalue weighted by Gasteiger charge is 2.20. The van der Waals surface area contributed by atoms with E-state index in [1.54, 1.807) is 0 Å². The summed E-state index contributed by atoms with van der Waals surface area (Å²) in [6.45, 7) is 1.81. The van der Waals surface area contributed by atoms with E-state index in [9.17, 15) is 17.3 Å². The van der Waals surface area contributed by atoms with Gasteiger partial charge in [-0.1, -0.05) is 0 Å². The predicted octanol–water partition coefficient (Wildman–Crippen LogP) is 1.59. The lowest BCUT2D eigenvalue weighted by Crippen LogP contribution is -2.36. The smallest absolute Gasteiger partial charge is 0.418 e. The summed E-state index contributed by atoms with van der Waals surface area (Å²) in [4.78, 5) is 4.02. The lowest BCUT2D eigenvalue weighted by atomic mass is 10.3. The third-order valence-electron chi connectivity index (χ3n) is 1.67. The van der Waals surface area contributed by atoms with E-state index in [1.807, 2.05) is 12.5 Å². The van der Waals surface area contributed by atoms with Crippen LogP contribution in [0.2, 0.25) is 0 Å². The van der Waals surface area contributed by atoms with Crippen LogP contribution in [0.3, 0.4) is 0 Å². The first kappa shape index (κ1) is 14.1. The first-order chi connectivity index (χ1) is 6.77. The molecular weight excluding hydrogens is 213 g/mol. The molecule has 2 N–H and O–H groups in total. The molecular formula is C7H14BF4N3. The summed E-state index contributed by atoms with van der Waals surface area (Å²) in [7, 11) is -3.89. The molecule has 1 aliphatic heterocycles. The number of halogens is 4. The van der Waals surface area contributed by atoms with Crippen molar-refractivity contribution in [1.29, 1.82) is 0 Å². The maximum absolute atomic E-state index is 9.75. The third-order valence-corrected chi connectivity index (χ3v) is 1.67. The van der Waals surface area contributed by atoms with Crippen molar-refractivity contribution in [2.75, 3.05) is 20.1 Å². The van der Waals surface area contributed by atoms with Crippen molar-refractivity contribution in [2.24, 2.45) is 10.7 Å². The Morgan fingerprint density at radius 1 is 1.33 bits per heavy atom. The molecule has 1 rings (SSSR count). The van der Waals surface area contributed by atoms with Crippen molar-refractivity contribution in [3.63, 3.8) is 0 Å². The van der Waals surface area contributed by atoms with Gasteiger partial charge in [0, 0.05) is 6.42 Å². The maximum atomic E-state index is 9.75. The number of nitrogens with two attached hydrogens (primary N) is 1. The van der Waals surface area contributed by atoms with Crippen molar-refractivity contribution >= 4 is 13.6 Å². The molecule has 0 radical (unpaired) electrons. The van der Waals surface area contributed by atoms with Gasteiger partial charge in [-0.2, -0.15) is 0 Å². The first-order valence-electron chi connectivity index (χ1n) is 4.41. The van der Waals surface area contributed by atoms with E-state index < -0.39 is 7.25 Å². The summed E-state index contributed by atoms with van der Waals surface area (Å²) in [6.07, 6.45) is 6.87. The fraction of sp³-hybridized carbons (Fsp3) is 0.571. The van der Waals surface area contributed by atoms with Gasteiger partial charge in [0.2, 0.25) is 0 Å². The van der Waals surface area contributed by atoms with Crippen molar-refractivity contribution in [2.45, 2.75) is 6.42 Å². The summed E-state index contributed by atoms with van der Waals surface area (Å²) in [5.41, 5.74) is 5.39. The molecule has 0 amide bonds. The fourth-order valence-corrected chi connectivity index (χ4v) is 0.984. The highest BCUT2D eigenvalue weighted by atomic mass is 19.5. The SMILES string of the molecule is C[N+]1(CCCN)C=CN=C1.F[B-](F)(F)F. The van der Waals surface area contributed by atoms with Gasteiger partial charge in [0.15, 0.2) is 6.34 Å². The van der Waals surface area contributed by atoms with Crippen molar-refractivity contribution in [3.05, 3.63) is 12.4 Å². The predicted molar refractivity (Wildman–Crippen MR) is 52.5 cm³/mol. The van der Waals surface area contributed by atoms with Crippen LogP contribution in [-0.4, -0.2) is 38.2 Å². The number of nitrogens with zero attached hydrogens (tertiary/aromatic N) is 2. The monoisotopic (exact) mass is 227 g/mol. The maximum Gasteiger partial charge on any atom is 0.673 e. The average Bonchev–Trinajstić information content (AvgIpc) is 2.46. The standard InChI is InChI=1S/C7H14N3.BF4/c1-10(5-2-3-8)6-4-9-7-10;2-1(3,4)5/h4,6-7H,2-3,5,8H2,1H3;/q+1;-1. The summed E-state index contributed by atoms with van der Waals surface area (Å²) in [5.74, 6) is 0. The van der Waals surface area contributed by atoms with Crippen LogP contribution >= 0.6 is 0 Å². The minimum atomic E-state index is -6.00. The Bertz CT molecular complexity index is 221. The van der Waals surface area contributed by atoms with Crippen LogP contribution in [0, 0.1) is 0 Å². The fourth-order valence-electron chi connectivity index (χ4n) is 0.984. The van der Waals surface area contributed by atoms with Gasteiger partial charge in [0.1, 0.15) is 6.20 Å². The molecule has 15 heavy (non-hydrogen) atoms.